The van der Waals surface area contributed by atoms with Gasteiger partial charge in [0.1, 0.15) is 11.9 Å². The molecule has 0 saturated heterocycles. The topological polar surface area (TPSA) is 318 Å². The molecule has 0 spiro atoms. The first-order chi connectivity index (χ1) is 31.0. The quantitative estimate of drug-likeness (QED) is 0.0288. The van der Waals surface area contributed by atoms with Gasteiger partial charge in [0.25, 0.3) is 11.5 Å². The molecule has 3 amide bonds. The number of aliphatic carboxylic acids is 4. The number of nitrogens with zero attached hydrogens (tertiary/aromatic N) is 5. The van der Waals surface area contributed by atoms with E-state index in [1.165, 1.54) is 14.7 Å². The van der Waals surface area contributed by atoms with E-state index in [0.29, 0.717) is 40.1 Å². The van der Waals surface area contributed by atoms with E-state index in [2.05, 4.69) is 20.6 Å². The summed E-state index contributed by atoms with van der Waals surface area (Å²) in [6.45, 7) is -0.0560. The lowest BCUT2D eigenvalue weighted by Gasteiger charge is -2.28. The van der Waals surface area contributed by atoms with Gasteiger partial charge < -0.3 is 56.3 Å². The molecule has 0 fully saturated rings. The smallest absolute Gasteiger partial charge is 0.326 e. The van der Waals surface area contributed by atoms with Crippen LogP contribution in [0.15, 0.2) is 53.3 Å². The van der Waals surface area contributed by atoms with E-state index in [0.717, 1.165) is 21.2 Å². The average molecular weight is 904 g/mol. The zero-order chi connectivity index (χ0) is 47.2. The number of hydrogen-bond donors (Lipinski definition) is 8. The van der Waals surface area contributed by atoms with Crippen LogP contribution in [-0.4, -0.2) is 176 Å². The lowest BCUT2D eigenvalue weighted by Crippen LogP contribution is -2.48. The van der Waals surface area contributed by atoms with Crippen molar-refractivity contribution in [2.45, 2.75) is 38.9 Å². The van der Waals surface area contributed by atoms with Crippen molar-refractivity contribution in [3.63, 3.8) is 0 Å². The molecule has 4 aromatic rings. The molecule has 0 radical (unpaired) electrons. The Hall–Kier alpha value is -7.01. The van der Waals surface area contributed by atoms with Gasteiger partial charge in [-0.1, -0.05) is 18.2 Å². The van der Waals surface area contributed by atoms with E-state index in [4.69, 9.17) is 20.7 Å². The van der Waals surface area contributed by atoms with Gasteiger partial charge in [-0.2, -0.15) is 0 Å². The lowest BCUT2D eigenvalue weighted by molar-refractivity contribution is -0.144. The first-order valence-electron chi connectivity index (χ1n) is 20.8. The van der Waals surface area contributed by atoms with Crippen molar-refractivity contribution < 1.29 is 58.7 Å². The van der Waals surface area contributed by atoms with Gasteiger partial charge in [0.15, 0.2) is 0 Å². The number of H-pyrrole nitrogens is 1. The zero-order valence-corrected chi connectivity index (χ0v) is 35.8. The Labute approximate surface area is 371 Å². The fourth-order valence-electron chi connectivity index (χ4n) is 7.54. The number of anilines is 1. The third-order valence-electron chi connectivity index (χ3n) is 10.6. The molecule has 22 nitrogen and oxygen atoms in total. The summed E-state index contributed by atoms with van der Waals surface area (Å²) in [6, 6.07) is 13.3. The van der Waals surface area contributed by atoms with Crippen LogP contribution in [0.5, 0.6) is 0 Å². The minimum absolute atomic E-state index is 0.00122. The maximum Gasteiger partial charge on any atom is 0.326 e. The molecule has 3 aromatic carbocycles. The summed E-state index contributed by atoms with van der Waals surface area (Å²) in [7, 11) is 0. The van der Waals surface area contributed by atoms with E-state index in [1.54, 1.807) is 25.1 Å². The summed E-state index contributed by atoms with van der Waals surface area (Å²) in [5.74, 6) is -6.20. The highest BCUT2D eigenvalue weighted by molar-refractivity contribution is 6.06. The number of rotatable bonds is 27. The molecule has 22 heteroatoms. The molecule has 0 saturated carbocycles. The number of aromatic nitrogens is 2. The van der Waals surface area contributed by atoms with Crippen molar-refractivity contribution >= 4 is 69.0 Å². The predicted molar refractivity (Wildman–Crippen MR) is 234 cm³/mol. The predicted octanol–water partition coefficient (Wildman–Crippen LogP) is -0.0361. The lowest BCUT2D eigenvalue weighted by atomic mass is 10.0. The van der Waals surface area contributed by atoms with E-state index in [1.807, 2.05) is 30.3 Å². The minimum Gasteiger partial charge on any atom is -0.480 e. The molecule has 5 rings (SSSR count). The number of nitrogens with one attached hydrogen (secondary N) is 3. The van der Waals surface area contributed by atoms with Gasteiger partial charge in [0.2, 0.25) is 11.8 Å². The van der Waals surface area contributed by atoms with E-state index >= 15 is 0 Å². The number of carbonyl (C=O) groups is 7. The Morgan fingerprint density at radius 2 is 1.54 bits per heavy atom. The first-order valence-corrected chi connectivity index (χ1v) is 20.8. The zero-order valence-electron chi connectivity index (χ0n) is 35.8. The summed E-state index contributed by atoms with van der Waals surface area (Å²) >= 11 is 0. The van der Waals surface area contributed by atoms with Crippen LogP contribution < -0.4 is 21.9 Å². The number of carboxylic acids is 4. The van der Waals surface area contributed by atoms with Crippen LogP contribution in [0.4, 0.5) is 5.69 Å². The Bertz CT molecular complexity index is 2460. The Morgan fingerprint density at radius 3 is 2.20 bits per heavy atom. The molecular formula is C43H53N9O13. The monoisotopic (exact) mass is 903 g/mol. The standard InChI is InChI=1S/C43H53N9O13/c1-26-47-33-7-4-28-3-2-27(18-32(28)40(33)41(61)48-26)20-46-30-5-6-31-29(19-30)21-52(42(31)62)34(43(63)64)8-9-35(53)45-11-12-51(15-17-65-16-10-44)36(54)22-49(23-37(55)56)13-14-50(24-38(57)58)25-39(59)60/h2-7,18-19,34,46H,8-17,20-25,44H2,1H3,(H,45,53)(H,55,56)(H,57,58)(H,59,60)(H,63,64)(H,47,48,61). The van der Waals surface area contributed by atoms with Gasteiger partial charge in [-0.15, -0.1) is 0 Å². The number of hydrogen-bond acceptors (Lipinski definition) is 14. The molecule has 0 aliphatic carbocycles. The van der Waals surface area contributed by atoms with Crippen LogP contribution in [0, 0.1) is 6.92 Å². The summed E-state index contributed by atoms with van der Waals surface area (Å²) in [6.07, 6.45) is -0.476. The van der Waals surface area contributed by atoms with Crippen molar-refractivity contribution in [1.29, 1.82) is 0 Å². The van der Waals surface area contributed by atoms with Gasteiger partial charge in [0.05, 0.1) is 50.3 Å². The second-order valence-corrected chi connectivity index (χ2v) is 15.5. The van der Waals surface area contributed by atoms with Crippen LogP contribution in [0.3, 0.4) is 0 Å². The number of carbonyl (C=O) groups excluding carboxylic acids is 3. The highest BCUT2D eigenvalue weighted by Gasteiger charge is 2.36. The van der Waals surface area contributed by atoms with Gasteiger partial charge in [-0.25, -0.2) is 9.78 Å². The number of fused-ring (bicyclic) bond motifs is 4. The maximum absolute atomic E-state index is 13.5. The molecular weight excluding hydrogens is 851 g/mol. The summed E-state index contributed by atoms with van der Waals surface area (Å²) in [5.41, 5.74) is 8.37. The number of carboxylic acid groups (broad SMARTS) is 4. The van der Waals surface area contributed by atoms with Gasteiger partial charge in [-0.3, -0.25) is 43.4 Å². The summed E-state index contributed by atoms with van der Waals surface area (Å²) in [4.78, 5) is 111. The van der Waals surface area contributed by atoms with E-state index < -0.39 is 73.8 Å². The third kappa shape index (κ3) is 14.0. The largest absolute Gasteiger partial charge is 0.480 e. The highest BCUT2D eigenvalue weighted by Crippen LogP contribution is 2.29. The molecule has 348 valence electrons. The number of nitrogens with two attached hydrogens (primary N) is 1. The molecule has 1 unspecified atom stereocenters. The van der Waals surface area contributed by atoms with Crippen LogP contribution in [0.1, 0.15) is 40.2 Å². The summed E-state index contributed by atoms with van der Waals surface area (Å²) < 4.78 is 5.41. The first kappa shape index (κ1) is 49.0. The molecule has 2 heterocycles. The summed E-state index contributed by atoms with van der Waals surface area (Å²) in [5, 5.41) is 46.0. The van der Waals surface area contributed by atoms with Crippen LogP contribution in [-0.2, 0) is 46.6 Å². The number of amides is 3. The van der Waals surface area contributed by atoms with Crippen LogP contribution in [0.25, 0.3) is 21.7 Å². The van der Waals surface area contributed by atoms with Crippen molar-refractivity contribution in [3.05, 3.63) is 81.4 Å². The van der Waals surface area contributed by atoms with Gasteiger partial charge in [-0.05, 0) is 65.6 Å². The van der Waals surface area contributed by atoms with Crippen LogP contribution in [0.2, 0.25) is 0 Å². The normalized spacial score (nSPS) is 12.7. The fraction of sp³-hybridized carbons (Fsp3) is 0.419. The minimum atomic E-state index is -1.33. The number of ether oxygens (including phenoxy) is 1. The van der Waals surface area contributed by atoms with Crippen LogP contribution >= 0.6 is 0 Å². The molecule has 1 atom stereocenters. The van der Waals surface area contributed by atoms with E-state index in [9.17, 15) is 48.6 Å². The number of aryl methyl sites for hydroxylation is 1. The second-order valence-electron chi connectivity index (χ2n) is 15.5. The highest BCUT2D eigenvalue weighted by atomic mass is 16.5. The van der Waals surface area contributed by atoms with Crippen molar-refractivity contribution in [2.24, 2.45) is 5.73 Å². The Morgan fingerprint density at radius 1 is 0.862 bits per heavy atom. The molecule has 1 aromatic heterocycles. The second kappa shape index (κ2) is 23.1. The molecule has 1 aliphatic rings. The number of aromatic amines is 1. The Kier molecular flexibility index (Phi) is 17.4. The molecule has 65 heavy (non-hydrogen) atoms. The average Bonchev–Trinajstić information content (AvgIpc) is 3.56. The Balaban J connectivity index is 1.15. The maximum atomic E-state index is 13.5. The molecule has 1 aliphatic heterocycles. The van der Waals surface area contributed by atoms with Crippen molar-refractivity contribution in [2.75, 3.05) is 84.0 Å². The fourth-order valence-corrected chi connectivity index (χ4v) is 7.54. The third-order valence-corrected chi connectivity index (χ3v) is 10.6. The SMILES string of the molecule is Cc1nc2ccc3ccc(CNc4ccc5c(c4)CN(C(CCC(=O)NCCN(CCOCCN)C(=O)CN(CCN(CC(=O)O)CC(=O)O)CC(=O)O)C(=O)O)C5=O)cc3c2c(=O)[nH]1. The van der Waals surface area contributed by atoms with Crippen molar-refractivity contribution in [1.82, 2.24) is 34.9 Å². The van der Waals surface area contributed by atoms with E-state index in [-0.39, 0.29) is 77.4 Å². The number of benzene rings is 3. The molecule has 0 bridgehead atoms. The van der Waals surface area contributed by atoms with Crippen molar-refractivity contribution in [3.8, 4) is 0 Å². The van der Waals surface area contributed by atoms with Gasteiger partial charge >= 0.3 is 23.9 Å². The molecule has 9 N–H and O–H groups in total. The van der Waals surface area contributed by atoms with Gasteiger partial charge in [0, 0.05) is 70.0 Å².